The third-order valence-electron chi connectivity index (χ3n) is 7.15. The Morgan fingerprint density at radius 1 is 1.03 bits per heavy atom. The van der Waals surface area contributed by atoms with Crippen molar-refractivity contribution in [1.82, 2.24) is 19.6 Å². The lowest BCUT2D eigenvalue weighted by Gasteiger charge is -2.28. The fourth-order valence-corrected chi connectivity index (χ4v) is 5.25. The molecule has 0 spiro atoms. The van der Waals surface area contributed by atoms with Crippen LogP contribution in [0.1, 0.15) is 47.1 Å². The van der Waals surface area contributed by atoms with E-state index in [0.717, 1.165) is 55.4 Å². The van der Waals surface area contributed by atoms with Crippen LogP contribution in [0.4, 0.5) is 16.0 Å². The van der Waals surface area contributed by atoms with Crippen LogP contribution in [0.2, 0.25) is 0 Å². The Hall–Kier alpha value is -3.85. The van der Waals surface area contributed by atoms with E-state index in [1.807, 2.05) is 36.4 Å². The standard InChI is InChI=1S/C28H29FN6O2/c29-21-5-1-4-20(18-21)23-7-3-13-34(23)28-12-11-26-30-19-24(35(26)32-28)25(36)10-9-22-6-2-8-27(31-22)33-14-16-37-17-15-33/h1-2,4-6,8,11-12,18-19,23H,3,7,9-10,13-17H2/t23-/m1/s1. The molecule has 0 N–H and O–H groups in total. The van der Waals surface area contributed by atoms with Gasteiger partial charge in [-0.2, -0.15) is 0 Å². The summed E-state index contributed by atoms with van der Waals surface area (Å²) in [6.45, 7) is 3.87. The van der Waals surface area contributed by atoms with Crippen molar-refractivity contribution >= 4 is 23.1 Å². The zero-order chi connectivity index (χ0) is 25.2. The molecule has 0 amide bonds. The van der Waals surface area contributed by atoms with E-state index in [1.165, 1.54) is 6.07 Å². The Bertz CT molecular complexity index is 1420. The minimum absolute atomic E-state index is 0.0289. The number of aryl methyl sites for hydroxylation is 1. The maximum atomic E-state index is 13.9. The number of Topliss-reactive ketones (excluding diaryl/α,β-unsaturated/α-hetero) is 1. The number of imidazole rings is 1. The topological polar surface area (TPSA) is 75.9 Å². The summed E-state index contributed by atoms with van der Waals surface area (Å²) in [5.41, 5.74) is 2.91. The number of ether oxygens (including phenoxy) is 1. The van der Waals surface area contributed by atoms with Gasteiger partial charge in [0.2, 0.25) is 0 Å². The lowest BCUT2D eigenvalue weighted by Crippen LogP contribution is -2.36. The summed E-state index contributed by atoms with van der Waals surface area (Å²) in [5.74, 6) is 1.41. The van der Waals surface area contributed by atoms with E-state index in [0.29, 0.717) is 37.4 Å². The number of nitrogens with zero attached hydrogens (tertiary/aromatic N) is 6. The van der Waals surface area contributed by atoms with E-state index < -0.39 is 0 Å². The number of ketones is 1. The largest absolute Gasteiger partial charge is 0.378 e. The molecule has 4 aromatic rings. The molecule has 2 aliphatic rings. The first-order valence-electron chi connectivity index (χ1n) is 12.8. The van der Waals surface area contributed by atoms with E-state index in [2.05, 4.69) is 14.8 Å². The van der Waals surface area contributed by atoms with Crippen molar-refractivity contribution in [1.29, 1.82) is 0 Å². The molecule has 5 heterocycles. The Morgan fingerprint density at radius 3 is 2.76 bits per heavy atom. The molecule has 37 heavy (non-hydrogen) atoms. The van der Waals surface area contributed by atoms with Gasteiger partial charge in [-0.3, -0.25) is 4.79 Å². The zero-order valence-corrected chi connectivity index (χ0v) is 20.6. The van der Waals surface area contributed by atoms with Crippen LogP contribution in [0, 0.1) is 5.82 Å². The first kappa shape index (κ1) is 23.5. The molecular formula is C28H29FN6O2. The van der Waals surface area contributed by atoms with Gasteiger partial charge in [0.05, 0.1) is 25.5 Å². The van der Waals surface area contributed by atoms with Crippen molar-refractivity contribution in [3.63, 3.8) is 0 Å². The number of hydrogen-bond acceptors (Lipinski definition) is 7. The molecular weight excluding hydrogens is 471 g/mol. The van der Waals surface area contributed by atoms with Gasteiger partial charge in [-0.05, 0) is 61.2 Å². The van der Waals surface area contributed by atoms with Crippen LogP contribution in [0.3, 0.4) is 0 Å². The van der Waals surface area contributed by atoms with Crippen LogP contribution in [-0.4, -0.2) is 58.2 Å². The third kappa shape index (κ3) is 4.91. The number of pyridine rings is 1. The number of benzene rings is 1. The van der Waals surface area contributed by atoms with E-state index in [4.69, 9.17) is 14.8 Å². The highest BCUT2D eigenvalue weighted by Gasteiger charge is 2.28. The van der Waals surface area contributed by atoms with Crippen molar-refractivity contribution in [3.8, 4) is 0 Å². The number of aromatic nitrogens is 4. The quantitative estimate of drug-likeness (QED) is 0.351. The molecule has 2 saturated heterocycles. The molecule has 2 aliphatic heterocycles. The van der Waals surface area contributed by atoms with Gasteiger partial charge in [0.15, 0.2) is 11.4 Å². The van der Waals surface area contributed by atoms with E-state index >= 15 is 0 Å². The number of carbonyl (C=O) groups excluding carboxylic acids is 1. The van der Waals surface area contributed by atoms with Crippen molar-refractivity contribution in [2.45, 2.75) is 31.7 Å². The molecule has 8 nitrogen and oxygen atoms in total. The molecule has 1 atom stereocenters. The number of halogens is 1. The second-order valence-corrected chi connectivity index (χ2v) is 9.52. The molecule has 0 bridgehead atoms. The summed E-state index contributed by atoms with van der Waals surface area (Å²) < 4.78 is 20.9. The third-order valence-corrected chi connectivity index (χ3v) is 7.15. The van der Waals surface area contributed by atoms with Gasteiger partial charge in [0, 0.05) is 31.7 Å². The molecule has 9 heteroatoms. The summed E-state index contributed by atoms with van der Waals surface area (Å²) in [4.78, 5) is 26.8. The number of rotatable bonds is 7. The predicted molar refractivity (Wildman–Crippen MR) is 139 cm³/mol. The van der Waals surface area contributed by atoms with Gasteiger partial charge in [-0.1, -0.05) is 18.2 Å². The normalized spacial score (nSPS) is 18.0. The Kier molecular flexibility index (Phi) is 6.53. The average molecular weight is 501 g/mol. The summed E-state index contributed by atoms with van der Waals surface area (Å²) in [6.07, 6.45) is 4.37. The molecule has 0 unspecified atom stereocenters. The smallest absolute Gasteiger partial charge is 0.183 e. The van der Waals surface area contributed by atoms with Crippen molar-refractivity contribution in [3.05, 3.63) is 83.6 Å². The second-order valence-electron chi connectivity index (χ2n) is 9.52. The number of morpholine rings is 1. The highest BCUT2D eigenvalue weighted by molar-refractivity contribution is 5.95. The average Bonchev–Trinajstić information content (AvgIpc) is 3.60. The number of carbonyl (C=O) groups is 1. The zero-order valence-electron chi connectivity index (χ0n) is 20.6. The molecule has 0 aliphatic carbocycles. The predicted octanol–water partition coefficient (Wildman–Crippen LogP) is 4.26. The van der Waals surface area contributed by atoms with Crippen LogP contribution < -0.4 is 9.80 Å². The minimum atomic E-state index is -0.236. The van der Waals surface area contributed by atoms with Crippen LogP contribution >= 0.6 is 0 Å². The van der Waals surface area contributed by atoms with Crippen molar-refractivity contribution < 1.29 is 13.9 Å². The lowest BCUT2D eigenvalue weighted by atomic mass is 10.0. The number of hydrogen-bond donors (Lipinski definition) is 0. The highest BCUT2D eigenvalue weighted by Crippen LogP contribution is 2.35. The van der Waals surface area contributed by atoms with Crippen molar-refractivity contribution in [2.75, 3.05) is 42.6 Å². The van der Waals surface area contributed by atoms with Gasteiger partial charge >= 0.3 is 0 Å². The SMILES string of the molecule is O=C(CCc1cccc(N2CCOCC2)n1)c1cnc2ccc(N3CCC[C@@H]3c3cccc(F)c3)nn12. The molecule has 6 rings (SSSR count). The first-order chi connectivity index (χ1) is 18.2. The van der Waals surface area contributed by atoms with Gasteiger partial charge < -0.3 is 14.5 Å². The fraction of sp³-hybridized carbons (Fsp3) is 0.357. The summed E-state index contributed by atoms with van der Waals surface area (Å²) >= 11 is 0. The first-order valence-corrected chi connectivity index (χ1v) is 12.8. The van der Waals surface area contributed by atoms with Crippen LogP contribution in [0.25, 0.3) is 5.65 Å². The van der Waals surface area contributed by atoms with Gasteiger partial charge in [-0.25, -0.2) is 18.9 Å². The van der Waals surface area contributed by atoms with Crippen LogP contribution in [0.5, 0.6) is 0 Å². The van der Waals surface area contributed by atoms with Gasteiger partial charge in [0.1, 0.15) is 23.1 Å². The summed E-state index contributed by atoms with van der Waals surface area (Å²) in [7, 11) is 0. The monoisotopic (exact) mass is 500 g/mol. The highest BCUT2D eigenvalue weighted by atomic mass is 19.1. The van der Waals surface area contributed by atoms with E-state index in [-0.39, 0.29) is 17.6 Å². The van der Waals surface area contributed by atoms with Gasteiger partial charge in [0.25, 0.3) is 0 Å². The number of fused-ring (bicyclic) bond motifs is 1. The Labute approximate surface area is 214 Å². The minimum Gasteiger partial charge on any atom is -0.378 e. The molecule has 1 aromatic carbocycles. The molecule has 0 radical (unpaired) electrons. The molecule has 3 aromatic heterocycles. The van der Waals surface area contributed by atoms with Crippen LogP contribution in [0.15, 0.2) is 60.8 Å². The molecule has 0 saturated carbocycles. The lowest BCUT2D eigenvalue weighted by molar-refractivity contribution is 0.0975. The molecule has 190 valence electrons. The fourth-order valence-electron chi connectivity index (χ4n) is 5.25. The van der Waals surface area contributed by atoms with Gasteiger partial charge in [-0.15, -0.1) is 5.10 Å². The molecule has 2 fully saturated rings. The van der Waals surface area contributed by atoms with E-state index in [9.17, 15) is 9.18 Å². The Morgan fingerprint density at radius 2 is 1.89 bits per heavy atom. The Balaban J connectivity index is 1.19. The van der Waals surface area contributed by atoms with E-state index in [1.54, 1.807) is 22.8 Å². The van der Waals surface area contributed by atoms with Crippen molar-refractivity contribution in [2.24, 2.45) is 0 Å². The maximum Gasteiger partial charge on any atom is 0.183 e. The number of anilines is 2. The summed E-state index contributed by atoms with van der Waals surface area (Å²) in [5, 5.41) is 4.80. The van der Waals surface area contributed by atoms with Crippen LogP contribution in [-0.2, 0) is 11.2 Å². The second kappa shape index (κ2) is 10.3. The maximum absolute atomic E-state index is 13.9. The summed E-state index contributed by atoms with van der Waals surface area (Å²) in [6, 6.07) is 16.6.